The maximum absolute atomic E-state index is 12.7. The Morgan fingerprint density at radius 1 is 0.893 bits per heavy atom. The van der Waals surface area contributed by atoms with Crippen molar-refractivity contribution in [2.24, 2.45) is 11.8 Å². The lowest BCUT2D eigenvalue weighted by atomic mass is 9.81. The number of nitrogens with zero attached hydrogens (tertiary/aromatic N) is 1. The number of nitrogens with one attached hydrogen (secondary N) is 1. The number of rotatable bonds is 7. The second kappa shape index (κ2) is 10.1. The van der Waals surface area contributed by atoms with Crippen molar-refractivity contribution in [1.82, 2.24) is 5.32 Å². The monoisotopic (exact) mass is 378 g/mol. The molecular weight excluding hydrogens is 348 g/mol. The van der Waals surface area contributed by atoms with E-state index in [1.165, 1.54) is 5.56 Å². The summed E-state index contributed by atoms with van der Waals surface area (Å²) in [6, 6.07) is 20.1. The Balaban J connectivity index is 1.38. The molecule has 0 aromatic heterocycles. The summed E-state index contributed by atoms with van der Waals surface area (Å²) in [5, 5.41) is 3.08. The van der Waals surface area contributed by atoms with Crippen LogP contribution >= 0.6 is 0 Å². The molecule has 1 N–H and O–H groups in total. The molecule has 1 aliphatic rings. The maximum atomic E-state index is 12.7. The predicted octanol–water partition coefficient (Wildman–Crippen LogP) is 4.20. The van der Waals surface area contributed by atoms with Gasteiger partial charge in [-0.05, 0) is 56.2 Å². The van der Waals surface area contributed by atoms with Crippen molar-refractivity contribution >= 4 is 17.5 Å². The van der Waals surface area contributed by atoms with E-state index < -0.39 is 0 Å². The van der Waals surface area contributed by atoms with Crippen molar-refractivity contribution in [2.75, 3.05) is 18.5 Å². The van der Waals surface area contributed by atoms with E-state index in [0.717, 1.165) is 44.2 Å². The predicted molar refractivity (Wildman–Crippen MR) is 113 cm³/mol. The van der Waals surface area contributed by atoms with Gasteiger partial charge in [0.1, 0.15) is 0 Å². The van der Waals surface area contributed by atoms with Gasteiger partial charge in [-0.1, -0.05) is 48.5 Å². The number of carbonyl (C=O) groups excluding carboxylic acids is 2. The van der Waals surface area contributed by atoms with Gasteiger partial charge in [0.15, 0.2) is 0 Å². The highest BCUT2D eigenvalue weighted by Crippen LogP contribution is 2.31. The molecule has 2 aromatic carbocycles. The molecule has 1 saturated carbocycles. The molecule has 2 aromatic rings. The lowest BCUT2D eigenvalue weighted by molar-refractivity contribution is -0.129. The molecule has 1 fully saturated rings. The van der Waals surface area contributed by atoms with Gasteiger partial charge in [-0.2, -0.15) is 0 Å². The van der Waals surface area contributed by atoms with Crippen LogP contribution in [0.1, 0.15) is 37.7 Å². The molecule has 0 spiro atoms. The van der Waals surface area contributed by atoms with Crippen molar-refractivity contribution in [1.29, 1.82) is 0 Å². The maximum Gasteiger partial charge on any atom is 0.229 e. The van der Waals surface area contributed by atoms with E-state index in [1.807, 2.05) is 55.6 Å². The van der Waals surface area contributed by atoms with Crippen LogP contribution in [0.5, 0.6) is 0 Å². The first-order chi connectivity index (χ1) is 13.6. The van der Waals surface area contributed by atoms with Crippen LogP contribution in [0.3, 0.4) is 0 Å². The van der Waals surface area contributed by atoms with Crippen LogP contribution in [0.15, 0.2) is 60.7 Å². The molecule has 0 radical (unpaired) electrons. The first-order valence-electron chi connectivity index (χ1n) is 10.3. The van der Waals surface area contributed by atoms with E-state index in [2.05, 4.69) is 17.4 Å². The molecule has 1 aliphatic carbocycles. The molecule has 0 atom stereocenters. The lowest BCUT2D eigenvalue weighted by Crippen LogP contribution is -2.38. The van der Waals surface area contributed by atoms with Crippen LogP contribution in [0.2, 0.25) is 0 Å². The summed E-state index contributed by atoms with van der Waals surface area (Å²) in [7, 11) is 1.84. The number of anilines is 1. The smallest absolute Gasteiger partial charge is 0.229 e. The van der Waals surface area contributed by atoms with E-state index in [9.17, 15) is 9.59 Å². The number of para-hydroxylation sites is 1. The molecule has 0 unspecified atom stereocenters. The minimum atomic E-state index is 0.0207. The Hall–Kier alpha value is -2.62. The topological polar surface area (TPSA) is 49.4 Å². The van der Waals surface area contributed by atoms with Crippen molar-refractivity contribution in [3.05, 3.63) is 66.2 Å². The van der Waals surface area contributed by atoms with Gasteiger partial charge in [-0.25, -0.2) is 0 Å². The molecule has 0 aliphatic heterocycles. The van der Waals surface area contributed by atoms with E-state index in [-0.39, 0.29) is 23.7 Å². The van der Waals surface area contributed by atoms with E-state index in [4.69, 9.17) is 0 Å². The second-order valence-electron chi connectivity index (χ2n) is 7.66. The van der Waals surface area contributed by atoms with Crippen molar-refractivity contribution in [3.63, 3.8) is 0 Å². The summed E-state index contributed by atoms with van der Waals surface area (Å²) in [5.41, 5.74) is 2.23. The number of carbonyl (C=O) groups is 2. The summed E-state index contributed by atoms with van der Waals surface area (Å²) in [6.07, 6.45) is 5.10. The highest BCUT2D eigenvalue weighted by molar-refractivity contribution is 5.94. The number of aryl methyl sites for hydroxylation is 1. The lowest BCUT2D eigenvalue weighted by Gasteiger charge is -2.30. The van der Waals surface area contributed by atoms with Crippen LogP contribution < -0.4 is 10.2 Å². The highest BCUT2D eigenvalue weighted by atomic mass is 16.2. The molecule has 28 heavy (non-hydrogen) atoms. The average Bonchev–Trinajstić information content (AvgIpc) is 2.77. The van der Waals surface area contributed by atoms with Crippen LogP contribution in [-0.2, 0) is 16.0 Å². The minimum Gasteiger partial charge on any atom is -0.356 e. The Morgan fingerprint density at radius 2 is 1.46 bits per heavy atom. The van der Waals surface area contributed by atoms with Crippen LogP contribution in [0.4, 0.5) is 5.69 Å². The summed E-state index contributed by atoms with van der Waals surface area (Å²) >= 11 is 0. The number of amides is 2. The second-order valence-corrected chi connectivity index (χ2v) is 7.66. The van der Waals surface area contributed by atoms with E-state index in [1.54, 1.807) is 4.90 Å². The summed E-state index contributed by atoms with van der Waals surface area (Å²) in [4.78, 5) is 26.9. The Morgan fingerprint density at radius 3 is 2.11 bits per heavy atom. The van der Waals surface area contributed by atoms with Gasteiger partial charge in [0.05, 0.1) is 0 Å². The van der Waals surface area contributed by atoms with Gasteiger partial charge >= 0.3 is 0 Å². The van der Waals surface area contributed by atoms with Crippen LogP contribution in [-0.4, -0.2) is 25.4 Å². The third-order valence-electron chi connectivity index (χ3n) is 5.71. The van der Waals surface area contributed by atoms with Crippen LogP contribution in [0.25, 0.3) is 0 Å². The third-order valence-corrected chi connectivity index (χ3v) is 5.71. The highest BCUT2D eigenvalue weighted by Gasteiger charge is 2.31. The zero-order chi connectivity index (χ0) is 19.8. The fourth-order valence-electron chi connectivity index (χ4n) is 3.95. The van der Waals surface area contributed by atoms with Gasteiger partial charge in [-0.15, -0.1) is 0 Å². The Bertz CT molecular complexity index is 753. The summed E-state index contributed by atoms with van der Waals surface area (Å²) < 4.78 is 0. The zero-order valence-electron chi connectivity index (χ0n) is 16.6. The van der Waals surface area contributed by atoms with Gasteiger partial charge in [0.25, 0.3) is 0 Å². The van der Waals surface area contributed by atoms with Gasteiger partial charge in [0.2, 0.25) is 11.8 Å². The molecule has 4 heteroatoms. The van der Waals surface area contributed by atoms with Crippen molar-refractivity contribution in [2.45, 2.75) is 38.5 Å². The number of hydrogen-bond donors (Lipinski definition) is 1. The normalized spacial score (nSPS) is 19.0. The largest absolute Gasteiger partial charge is 0.356 e. The minimum absolute atomic E-state index is 0.0207. The van der Waals surface area contributed by atoms with Gasteiger partial charge in [0, 0.05) is 31.1 Å². The number of benzene rings is 2. The van der Waals surface area contributed by atoms with Crippen molar-refractivity contribution in [3.8, 4) is 0 Å². The molecule has 0 heterocycles. The van der Waals surface area contributed by atoms with E-state index in [0.29, 0.717) is 6.54 Å². The molecule has 148 valence electrons. The zero-order valence-corrected chi connectivity index (χ0v) is 16.6. The van der Waals surface area contributed by atoms with Crippen molar-refractivity contribution < 1.29 is 9.59 Å². The molecule has 0 bridgehead atoms. The first kappa shape index (κ1) is 20.1. The Labute approximate surface area is 167 Å². The third kappa shape index (κ3) is 5.44. The molecule has 2 amide bonds. The van der Waals surface area contributed by atoms with Crippen LogP contribution in [0, 0.1) is 11.8 Å². The molecule has 3 rings (SSSR count). The molecule has 4 nitrogen and oxygen atoms in total. The summed E-state index contributed by atoms with van der Waals surface area (Å²) in [5.74, 6) is 0.374. The molecule has 0 saturated heterocycles. The van der Waals surface area contributed by atoms with Gasteiger partial charge in [-0.3, -0.25) is 9.59 Å². The standard InChI is InChI=1S/C24H30N2O2/c1-26(22-12-6-3-7-13-22)24(28)21-16-14-20(15-17-21)23(27)25-18-8-11-19-9-4-2-5-10-19/h2-7,9-10,12-13,20-21H,8,11,14-18H2,1H3,(H,25,27). The fourth-order valence-corrected chi connectivity index (χ4v) is 3.95. The summed E-state index contributed by atoms with van der Waals surface area (Å²) in [6.45, 7) is 0.712. The SMILES string of the molecule is CN(C(=O)C1CCC(C(=O)NCCCc2ccccc2)CC1)c1ccccc1. The quantitative estimate of drug-likeness (QED) is 0.734. The Kier molecular flexibility index (Phi) is 7.24. The number of hydrogen-bond acceptors (Lipinski definition) is 2. The fraction of sp³-hybridized carbons (Fsp3) is 0.417. The first-order valence-corrected chi connectivity index (χ1v) is 10.3. The molecular formula is C24H30N2O2. The van der Waals surface area contributed by atoms with E-state index >= 15 is 0 Å². The average molecular weight is 379 g/mol. The van der Waals surface area contributed by atoms with Gasteiger partial charge < -0.3 is 10.2 Å².